The van der Waals surface area contributed by atoms with Crippen molar-refractivity contribution in [2.24, 2.45) is 0 Å². The van der Waals surface area contributed by atoms with Crippen molar-refractivity contribution in [3.8, 4) is 12.1 Å². The fourth-order valence-corrected chi connectivity index (χ4v) is 2.80. The molecule has 0 radical (unpaired) electrons. The van der Waals surface area contributed by atoms with Crippen molar-refractivity contribution in [1.29, 1.82) is 10.5 Å². The Bertz CT molecular complexity index is 711. The SMILES string of the molecule is Cc1c(C#N)c(N)nc(SCc2ccccc2)c1C#N. The molecule has 0 saturated heterocycles. The second kappa shape index (κ2) is 6.10. The minimum Gasteiger partial charge on any atom is -0.383 e. The van der Waals surface area contributed by atoms with Crippen LogP contribution in [-0.2, 0) is 5.75 Å². The third-order valence-corrected chi connectivity index (χ3v) is 3.93. The van der Waals surface area contributed by atoms with Gasteiger partial charge in [-0.05, 0) is 18.1 Å². The van der Waals surface area contributed by atoms with Gasteiger partial charge in [-0.3, -0.25) is 0 Å². The zero-order valence-corrected chi connectivity index (χ0v) is 11.7. The summed E-state index contributed by atoms with van der Waals surface area (Å²) in [5.74, 6) is 0.882. The van der Waals surface area contributed by atoms with E-state index in [0.717, 1.165) is 5.56 Å². The molecule has 0 spiro atoms. The standard InChI is InChI=1S/C15H12N4S/c1-10-12(7-16)14(18)19-15(13(10)8-17)20-9-11-5-3-2-4-6-11/h2-6H,9H2,1H3,(H2,18,19). The Morgan fingerprint density at radius 2 is 1.80 bits per heavy atom. The van der Waals surface area contributed by atoms with E-state index in [1.54, 1.807) is 6.92 Å². The molecule has 0 aliphatic rings. The van der Waals surface area contributed by atoms with Gasteiger partial charge in [0, 0.05) is 5.75 Å². The molecule has 20 heavy (non-hydrogen) atoms. The number of nitrogens with zero attached hydrogens (tertiary/aromatic N) is 3. The van der Waals surface area contributed by atoms with Crippen molar-refractivity contribution >= 4 is 17.6 Å². The molecule has 98 valence electrons. The maximum Gasteiger partial charge on any atom is 0.143 e. The number of nitrogen functional groups attached to an aromatic ring is 1. The number of nitriles is 2. The lowest BCUT2D eigenvalue weighted by atomic mass is 10.1. The number of thioether (sulfide) groups is 1. The highest BCUT2D eigenvalue weighted by molar-refractivity contribution is 7.98. The lowest BCUT2D eigenvalue weighted by Crippen LogP contribution is -2.03. The summed E-state index contributed by atoms with van der Waals surface area (Å²) in [6, 6.07) is 14.0. The molecular formula is C15H12N4S. The summed E-state index contributed by atoms with van der Waals surface area (Å²) >= 11 is 1.45. The quantitative estimate of drug-likeness (QED) is 0.873. The van der Waals surface area contributed by atoms with Gasteiger partial charge in [0.2, 0.25) is 0 Å². The second-order valence-electron chi connectivity index (χ2n) is 4.18. The Kier molecular flexibility index (Phi) is 4.24. The number of benzene rings is 1. The zero-order valence-electron chi connectivity index (χ0n) is 10.9. The van der Waals surface area contributed by atoms with E-state index in [9.17, 15) is 5.26 Å². The molecular weight excluding hydrogens is 268 g/mol. The van der Waals surface area contributed by atoms with Crippen LogP contribution in [0.2, 0.25) is 0 Å². The molecule has 1 aromatic heterocycles. The highest BCUT2D eigenvalue weighted by atomic mass is 32.2. The molecule has 2 N–H and O–H groups in total. The maximum atomic E-state index is 9.25. The zero-order chi connectivity index (χ0) is 14.5. The van der Waals surface area contributed by atoms with E-state index in [-0.39, 0.29) is 11.4 Å². The molecule has 5 heteroatoms. The number of aromatic nitrogens is 1. The summed E-state index contributed by atoms with van der Waals surface area (Å²) in [6.07, 6.45) is 0. The Morgan fingerprint density at radius 3 is 2.40 bits per heavy atom. The fraction of sp³-hybridized carbons (Fsp3) is 0.133. The Labute approximate surface area is 121 Å². The second-order valence-corrected chi connectivity index (χ2v) is 5.14. The molecule has 4 nitrogen and oxygen atoms in total. The molecule has 0 atom stereocenters. The van der Waals surface area contributed by atoms with Gasteiger partial charge in [-0.1, -0.05) is 30.3 Å². The summed E-state index contributed by atoms with van der Waals surface area (Å²) in [6.45, 7) is 1.72. The maximum absolute atomic E-state index is 9.25. The van der Waals surface area contributed by atoms with Crippen LogP contribution >= 0.6 is 11.8 Å². The van der Waals surface area contributed by atoms with Crippen LogP contribution in [0.4, 0.5) is 5.82 Å². The van der Waals surface area contributed by atoms with E-state index in [1.165, 1.54) is 11.8 Å². The molecule has 2 aromatic rings. The largest absolute Gasteiger partial charge is 0.383 e. The van der Waals surface area contributed by atoms with Crippen molar-refractivity contribution in [1.82, 2.24) is 4.98 Å². The first-order valence-corrected chi connectivity index (χ1v) is 6.93. The van der Waals surface area contributed by atoms with Gasteiger partial charge in [-0.2, -0.15) is 10.5 Å². The number of hydrogen-bond acceptors (Lipinski definition) is 5. The van der Waals surface area contributed by atoms with Crippen LogP contribution in [0.15, 0.2) is 35.4 Å². The molecule has 0 amide bonds. The van der Waals surface area contributed by atoms with Gasteiger partial charge in [0.15, 0.2) is 0 Å². The summed E-state index contributed by atoms with van der Waals surface area (Å²) < 4.78 is 0. The summed E-state index contributed by atoms with van der Waals surface area (Å²) in [5.41, 5.74) is 8.22. The van der Waals surface area contributed by atoms with Crippen LogP contribution in [0.5, 0.6) is 0 Å². The van der Waals surface area contributed by atoms with Gasteiger partial charge in [-0.15, -0.1) is 11.8 Å². The van der Waals surface area contributed by atoms with E-state index < -0.39 is 0 Å². The molecule has 0 aliphatic carbocycles. The molecule has 1 heterocycles. The van der Waals surface area contributed by atoms with Crippen molar-refractivity contribution in [3.63, 3.8) is 0 Å². The predicted molar refractivity (Wildman–Crippen MR) is 78.8 cm³/mol. The average molecular weight is 280 g/mol. The van der Waals surface area contributed by atoms with Crippen molar-refractivity contribution in [2.45, 2.75) is 17.7 Å². The Hall–Kier alpha value is -2.50. The van der Waals surface area contributed by atoms with Gasteiger partial charge < -0.3 is 5.73 Å². The number of anilines is 1. The van der Waals surface area contributed by atoms with E-state index in [4.69, 9.17) is 11.0 Å². The third-order valence-electron chi connectivity index (χ3n) is 2.88. The van der Waals surface area contributed by atoms with Gasteiger partial charge in [0.25, 0.3) is 0 Å². The first-order valence-electron chi connectivity index (χ1n) is 5.94. The number of nitrogens with two attached hydrogens (primary N) is 1. The number of hydrogen-bond donors (Lipinski definition) is 1. The Balaban J connectivity index is 2.34. The smallest absolute Gasteiger partial charge is 0.143 e. The lowest BCUT2D eigenvalue weighted by molar-refractivity contribution is 1.08. The summed E-state index contributed by atoms with van der Waals surface area (Å²) in [4.78, 5) is 4.19. The van der Waals surface area contributed by atoms with Crippen LogP contribution < -0.4 is 5.73 Å². The minimum absolute atomic E-state index is 0.180. The van der Waals surface area contributed by atoms with Crippen molar-refractivity contribution in [2.75, 3.05) is 5.73 Å². The van der Waals surface area contributed by atoms with Crippen LogP contribution in [0, 0.1) is 29.6 Å². The third kappa shape index (κ3) is 2.74. The monoisotopic (exact) mass is 280 g/mol. The van der Waals surface area contributed by atoms with Crippen LogP contribution in [0.1, 0.15) is 22.3 Å². The first-order chi connectivity index (χ1) is 9.67. The first kappa shape index (κ1) is 13.9. The van der Waals surface area contributed by atoms with Gasteiger partial charge >= 0.3 is 0 Å². The number of pyridine rings is 1. The molecule has 0 unspecified atom stereocenters. The van der Waals surface area contributed by atoms with Crippen molar-refractivity contribution in [3.05, 3.63) is 52.6 Å². The molecule has 0 fully saturated rings. The van der Waals surface area contributed by atoms with Crippen molar-refractivity contribution < 1.29 is 0 Å². The molecule has 2 rings (SSSR count). The minimum atomic E-state index is 0.180. The molecule has 0 aliphatic heterocycles. The molecule has 1 aromatic carbocycles. The predicted octanol–water partition coefficient (Wildman–Crippen LogP) is 3.01. The van der Waals surface area contributed by atoms with Crippen LogP contribution in [-0.4, -0.2) is 4.98 Å². The highest BCUT2D eigenvalue weighted by Crippen LogP contribution is 2.29. The average Bonchev–Trinajstić information content (AvgIpc) is 2.46. The van der Waals surface area contributed by atoms with E-state index in [1.807, 2.05) is 36.4 Å². The molecule has 0 bridgehead atoms. The van der Waals surface area contributed by atoms with E-state index >= 15 is 0 Å². The van der Waals surface area contributed by atoms with Gasteiger partial charge in [0.05, 0.1) is 11.1 Å². The normalized spacial score (nSPS) is 9.75. The van der Waals surface area contributed by atoms with Crippen LogP contribution in [0.3, 0.4) is 0 Å². The fourth-order valence-electron chi connectivity index (χ4n) is 1.80. The number of rotatable bonds is 3. The Morgan fingerprint density at radius 1 is 1.15 bits per heavy atom. The summed E-state index contributed by atoms with van der Waals surface area (Å²) in [5, 5.41) is 18.9. The highest BCUT2D eigenvalue weighted by Gasteiger charge is 2.15. The topological polar surface area (TPSA) is 86.5 Å². The molecule has 0 saturated carbocycles. The van der Waals surface area contributed by atoms with E-state index in [0.29, 0.717) is 21.9 Å². The lowest BCUT2D eigenvalue weighted by Gasteiger charge is -2.09. The van der Waals surface area contributed by atoms with Crippen LogP contribution in [0.25, 0.3) is 0 Å². The summed E-state index contributed by atoms with van der Waals surface area (Å²) in [7, 11) is 0. The van der Waals surface area contributed by atoms with Gasteiger partial charge in [-0.25, -0.2) is 4.98 Å². The van der Waals surface area contributed by atoms with Gasteiger partial charge in [0.1, 0.15) is 23.0 Å². The van der Waals surface area contributed by atoms with E-state index in [2.05, 4.69) is 11.1 Å².